The van der Waals surface area contributed by atoms with Crippen LogP contribution >= 0.6 is 0 Å². The fraction of sp³-hybridized carbons (Fsp3) is 0.557. The fourth-order valence-electron chi connectivity index (χ4n) is 13.7. The van der Waals surface area contributed by atoms with E-state index in [2.05, 4.69) is 15.3 Å². The van der Waals surface area contributed by atoms with Crippen molar-refractivity contribution in [3.05, 3.63) is 190 Å². The molecule has 16 atom stereocenters. The maximum absolute atomic E-state index is 14.6. The Morgan fingerprint density at radius 3 is 1.44 bits per heavy atom. The lowest BCUT2D eigenvalue weighted by atomic mass is 9.84. The lowest BCUT2D eigenvalue weighted by Gasteiger charge is -2.51. The number of hydrogen-bond acceptors (Lipinski definition) is 17. The number of amides is 1. The topological polar surface area (TPSA) is 227 Å². The van der Waals surface area contributed by atoms with Crippen LogP contribution in [0.2, 0.25) is 0 Å². The van der Waals surface area contributed by atoms with E-state index in [9.17, 15) is 15.4 Å². The molecule has 0 radical (unpaired) electrons. The monoisotopic (exact) mass is 1240 g/mol. The second kappa shape index (κ2) is 29.8. The molecule has 5 aromatic carbocycles. The zero-order valence-electron chi connectivity index (χ0n) is 51.6. The van der Waals surface area contributed by atoms with Crippen LogP contribution in [0.3, 0.4) is 0 Å². The molecule has 3 saturated carbocycles. The molecule has 4 saturated heterocycles. The van der Waals surface area contributed by atoms with E-state index in [0.717, 1.165) is 66.3 Å². The van der Waals surface area contributed by atoms with Crippen molar-refractivity contribution in [3.8, 4) is 0 Å². The van der Waals surface area contributed by atoms with E-state index in [0.29, 0.717) is 25.7 Å². The number of carbonyl (C=O) groups is 1. The molecule has 4 aliphatic heterocycles. The average molecular weight is 1240 g/mol. The normalized spacial score (nSPS) is 31.9. The highest BCUT2D eigenvalue weighted by molar-refractivity contribution is 5.68. The molecular weight excluding hydrogens is 1150 g/mol. The third kappa shape index (κ3) is 15.8. The number of aliphatic hydroxyl groups is 1. The zero-order valence-corrected chi connectivity index (χ0v) is 51.6. The van der Waals surface area contributed by atoms with Gasteiger partial charge in [-0.2, -0.15) is 0 Å². The largest absolute Gasteiger partial charge is 0.444 e. The van der Waals surface area contributed by atoms with Crippen molar-refractivity contribution in [1.29, 1.82) is 0 Å². The second-order valence-electron chi connectivity index (χ2n) is 25.7. The van der Waals surface area contributed by atoms with Gasteiger partial charge in [0, 0.05) is 30.6 Å². The SMILES string of the molecule is CC(C)(C)OC(=O)N[C@H]1[C@@H](O[C@H]2[C@H](O)[C@@H]3OC4(CCCCC4)O[C@@H]3[C@H]3OC4(CCCCC4)O[C@@H]32)O[C@H](CN=[N+]=[N-])[C@@H](O[C@H]2O[C@H](COCc3ccccc3)[C@@H](OCc3ccccc3)[C@H](OCc3ccccc3)[C@@H]2OCc2ccccc2)[C@@H]1OCc1ccccc1. The lowest BCUT2D eigenvalue weighted by Crippen LogP contribution is -2.70. The number of rotatable bonds is 23. The van der Waals surface area contributed by atoms with Crippen LogP contribution in [0, 0.1) is 0 Å². The van der Waals surface area contributed by atoms with Crippen LogP contribution in [-0.2, 0) is 99.4 Å². The number of hydrogen-bond donors (Lipinski definition) is 2. The smallest absolute Gasteiger partial charge is 0.408 e. The third-order valence-corrected chi connectivity index (χ3v) is 18.0. The number of nitrogens with zero attached hydrogens (tertiary/aromatic N) is 3. The molecule has 0 unspecified atom stereocenters. The molecule has 90 heavy (non-hydrogen) atoms. The first-order chi connectivity index (χ1) is 43.9. The van der Waals surface area contributed by atoms with Crippen molar-refractivity contribution in [2.45, 2.75) is 233 Å². The summed E-state index contributed by atoms with van der Waals surface area (Å²) < 4.78 is 98.1. The van der Waals surface area contributed by atoms with Gasteiger partial charge in [0.05, 0.1) is 52.3 Å². The summed E-state index contributed by atoms with van der Waals surface area (Å²) in [5.41, 5.74) is 13.7. The minimum absolute atomic E-state index is 0.000313. The van der Waals surface area contributed by atoms with Gasteiger partial charge < -0.3 is 76.7 Å². The van der Waals surface area contributed by atoms with Crippen LogP contribution in [-0.4, -0.2) is 140 Å². The number of azide groups is 1. The molecule has 5 aromatic rings. The van der Waals surface area contributed by atoms with E-state index in [1.807, 2.05) is 152 Å². The van der Waals surface area contributed by atoms with Gasteiger partial charge in [0.1, 0.15) is 84.9 Å². The number of benzene rings is 5. The van der Waals surface area contributed by atoms with E-state index in [4.69, 9.17) is 66.3 Å². The molecule has 20 nitrogen and oxygen atoms in total. The van der Waals surface area contributed by atoms with Crippen molar-refractivity contribution >= 4 is 6.09 Å². The Hall–Kier alpha value is -5.88. The molecular formula is C70H86N4O16. The first kappa shape index (κ1) is 64.2. The highest BCUT2D eigenvalue weighted by Gasteiger charge is 2.67. The van der Waals surface area contributed by atoms with E-state index in [1.54, 1.807) is 20.8 Å². The van der Waals surface area contributed by atoms with Gasteiger partial charge in [0.15, 0.2) is 24.2 Å². The van der Waals surface area contributed by atoms with Crippen molar-refractivity contribution in [3.63, 3.8) is 0 Å². The molecule has 4 heterocycles. The van der Waals surface area contributed by atoms with Gasteiger partial charge in [0.25, 0.3) is 0 Å². The van der Waals surface area contributed by atoms with E-state index in [1.165, 1.54) is 0 Å². The standard InChI is InChI=1S/C70H86N4O16/c1-68(2,3)90-67(76)73-53-57(79-42-48-29-15-6-16-30-48)56(51(39-72-74-71)82-65(53)85-58-54(75)59-62(88-69(86-59)35-21-9-22-36-69)63-61(58)87-70(89-63)37-23-10-24-38-70)84-66-64(81-44-50-33-19-8-20-34-50)60(80-43-49-31-17-7-18-32-49)55(78-41-47-27-13-5-14-28-47)52(83-66)45-77-40-46-25-11-4-12-26-46/h4-8,11-20,25-34,51-66,75H,9-10,21-24,35-45H2,1-3H3,(H,73,76)/t51-,52-,53-,54+,55-,56-,57-,58+,59+,60+,61-,62+,63+,64+,65-,66-/m1/s1. The van der Waals surface area contributed by atoms with Crippen molar-refractivity contribution < 1.29 is 76.2 Å². The molecule has 0 bridgehead atoms. The Kier molecular flexibility index (Phi) is 21.3. The predicted octanol–water partition coefficient (Wildman–Crippen LogP) is 11.2. The van der Waals surface area contributed by atoms with E-state index >= 15 is 0 Å². The van der Waals surface area contributed by atoms with Crippen molar-refractivity contribution in [2.24, 2.45) is 5.11 Å². The maximum Gasteiger partial charge on any atom is 0.408 e. The summed E-state index contributed by atoms with van der Waals surface area (Å²) in [5, 5.41) is 20.1. The summed E-state index contributed by atoms with van der Waals surface area (Å²) in [6, 6.07) is 47.6. The predicted molar refractivity (Wildman–Crippen MR) is 328 cm³/mol. The molecule has 3 aliphatic carbocycles. The van der Waals surface area contributed by atoms with Gasteiger partial charge in [-0.15, -0.1) is 0 Å². The Morgan fingerprint density at radius 2 is 0.944 bits per heavy atom. The molecule has 2 N–H and O–H groups in total. The summed E-state index contributed by atoms with van der Waals surface area (Å²) in [6.45, 7) is 5.73. The molecule has 1 amide bonds. The van der Waals surface area contributed by atoms with Crippen LogP contribution in [0.15, 0.2) is 157 Å². The third-order valence-electron chi connectivity index (χ3n) is 18.0. The number of nitrogens with one attached hydrogen (secondary N) is 1. The van der Waals surface area contributed by atoms with E-state index in [-0.39, 0.29) is 46.2 Å². The van der Waals surface area contributed by atoms with Crippen molar-refractivity contribution in [1.82, 2.24) is 5.32 Å². The van der Waals surface area contributed by atoms with Crippen LogP contribution in [0.5, 0.6) is 0 Å². The highest BCUT2D eigenvalue weighted by atomic mass is 16.8. The van der Waals surface area contributed by atoms with Crippen LogP contribution < -0.4 is 5.32 Å². The average Bonchev–Trinajstić information content (AvgIpc) is 1.54. The van der Waals surface area contributed by atoms with Crippen LogP contribution in [0.1, 0.15) is 113 Å². The van der Waals surface area contributed by atoms with Crippen molar-refractivity contribution in [2.75, 3.05) is 13.2 Å². The van der Waals surface area contributed by atoms with Gasteiger partial charge in [-0.1, -0.05) is 170 Å². The maximum atomic E-state index is 14.6. The number of carbonyl (C=O) groups excluding carboxylic acids is 1. The summed E-state index contributed by atoms with van der Waals surface area (Å²) >= 11 is 0. The number of alkyl carbamates (subject to hydrolysis) is 1. The molecule has 7 aliphatic rings. The van der Waals surface area contributed by atoms with Gasteiger partial charge in [-0.05, 0) is 79.8 Å². The highest BCUT2D eigenvalue weighted by Crippen LogP contribution is 2.53. The Balaban J connectivity index is 0.944. The minimum atomic E-state index is -1.47. The fourth-order valence-corrected chi connectivity index (χ4v) is 13.7. The van der Waals surface area contributed by atoms with E-state index < -0.39 is 121 Å². The summed E-state index contributed by atoms with van der Waals surface area (Å²) in [7, 11) is 0. The number of ether oxygens (including phenoxy) is 14. The van der Waals surface area contributed by atoms with Crippen LogP contribution in [0.4, 0.5) is 4.79 Å². The first-order valence-electron chi connectivity index (χ1n) is 32.2. The Morgan fingerprint density at radius 1 is 0.522 bits per heavy atom. The number of fused-ring (bicyclic) bond motifs is 3. The number of aliphatic hydroxyl groups excluding tert-OH is 1. The molecule has 2 spiro atoms. The summed E-state index contributed by atoms with van der Waals surface area (Å²) in [5.74, 6) is -1.85. The quantitative estimate of drug-likeness (QED) is 0.0352. The first-order valence-corrected chi connectivity index (χ1v) is 32.2. The lowest BCUT2D eigenvalue weighted by molar-refractivity contribution is -0.368. The molecule has 20 heteroatoms. The molecule has 7 fully saturated rings. The zero-order chi connectivity index (χ0) is 61.9. The Bertz CT molecular complexity index is 3060. The van der Waals surface area contributed by atoms with Gasteiger partial charge in [-0.25, -0.2) is 4.79 Å². The van der Waals surface area contributed by atoms with Gasteiger partial charge in [0.2, 0.25) is 0 Å². The molecule has 12 rings (SSSR count). The molecule has 0 aromatic heterocycles. The van der Waals surface area contributed by atoms with Crippen LogP contribution in [0.25, 0.3) is 10.4 Å². The summed E-state index contributed by atoms with van der Waals surface area (Å²) in [4.78, 5) is 17.9. The van der Waals surface area contributed by atoms with Gasteiger partial charge in [-0.3, -0.25) is 0 Å². The Labute approximate surface area is 526 Å². The van der Waals surface area contributed by atoms with Gasteiger partial charge >= 0.3 is 6.09 Å². The minimum Gasteiger partial charge on any atom is -0.444 e. The second-order valence-corrected chi connectivity index (χ2v) is 25.7. The molecule has 482 valence electrons. The summed E-state index contributed by atoms with van der Waals surface area (Å²) in [6.07, 6.45) is -8.22.